The Kier molecular flexibility index (Phi) is 8.84. The number of benzene rings is 1. The highest BCUT2D eigenvalue weighted by Crippen LogP contribution is 2.34. The standard InChI is InChI=1S/C13H19N3O4S.ClH/c1-8(14-2)7-15-13(17)9-5-12(21-4)11(20-3)6-10(9)16(18)19;/h5-6,8,14H,7H2,1-4H3,(H,15,17);1H. The van der Waals surface area contributed by atoms with E-state index in [1.54, 1.807) is 7.05 Å². The second-order valence-electron chi connectivity index (χ2n) is 4.38. The molecule has 22 heavy (non-hydrogen) atoms. The van der Waals surface area contributed by atoms with Crippen LogP contribution in [0, 0.1) is 10.1 Å². The molecule has 0 aliphatic rings. The van der Waals surface area contributed by atoms with Crippen LogP contribution < -0.4 is 15.4 Å². The molecule has 0 aliphatic heterocycles. The van der Waals surface area contributed by atoms with Crippen LogP contribution >= 0.6 is 24.2 Å². The van der Waals surface area contributed by atoms with Gasteiger partial charge >= 0.3 is 0 Å². The second kappa shape index (κ2) is 9.50. The molecule has 0 aliphatic carbocycles. The Morgan fingerprint density at radius 2 is 2.14 bits per heavy atom. The highest BCUT2D eigenvalue weighted by molar-refractivity contribution is 7.98. The van der Waals surface area contributed by atoms with Gasteiger partial charge in [-0.25, -0.2) is 0 Å². The van der Waals surface area contributed by atoms with Crippen LogP contribution in [0.25, 0.3) is 0 Å². The minimum atomic E-state index is -0.580. The first-order valence-electron chi connectivity index (χ1n) is 6.30. The summed E-state index contributed by atoms with van der Waals surface area (Å²) in [7, 11) is 3.21. The number of hydrogen-bond donors (Lipinski definition) is 2. The van der Waals surface area contributed by atoms with Gasteiger partial charge in [-0.3, -0.25) is 14.9 Å². The largest absolute Gasteiger partial charge is 0.495 e. The molecule has 124 valence electrons. The molecular formula is C13H20ClN3O4S. The quantitative estimate of drug-likeness (QED) is 0.444. The second-order valence-corrected chi connectivity index (χ2v) is 5.23. The van der Waals surface area contributed by atoms with Gasteiger partial charge in [0.25, 0.3) is 11.6 Å². The first kappa shape index (κ1) is 20.5. The molecule has 0 spiro atoms. The van der Waals surface area contributed by atoms with Gasteiger partial charge in [0.05, 0.1) is 23.0 Å². The summed E-state index contributed by atoms with van der Waals surface area (Å²) in [5.74, 6) is -0.0869. The summed E-state index contributed by atoms with van der Waals surface area (Å²) in [5.41, 5.74) is -0.229. The monoisotopic (exact) mass is 349 g/mol. The van der Waals surface area contributed by atoms with Crippen molar-refractivity contribution in [2.24, 2.45) is 0 Å². The molecule has 0 radical (unpaired) electrons. The number of thioether (sulfide) groups is 1. The van der Waals surface area contributed by atoms with Crippen molar-refractivity contribution < 1.29 is 14.5 Å². The molecule has 1 atom stereocenters. The molecule has 0 saturated carbocycles. The summed E-state index contributed by atoms with van der Waals surface area (Å²) in [6.07, 6.45) is 1.81. The number of amides is 1. The topological polar surface area (TPSA) is 93.5 Å². The lowest BCUT2D eigenvalue weighted by molar-refractivity contribution is -0.385. The first-order valence-corrected chi connectivity index (χ1v) is 7.52. The van der Waals surface area contributed by atoms with Gasteiger partial charge in [-0.15, -0.1) is 24.2 Å². The molecule has 0 bridgehead atoms. The van der Waals surface area contributed by atoms with Gasteiger partial charge in [-0.05, 0) is 26.3 Å². The van der Waals surface area contributed by atoms with Crippen molar-refractivity contribution >= 4 is 35.8 Å². The van der Waals surface area contributed by atoms with Crippen LogP contribution in [0.4, 0.5) is 5.69 Å². The Labute approximate surface area is 139 Å². The van der Waals surface area contributed by atoms with E-state index in [4.69, 9.17) is 4.74 Å². The summed E-state index contributed by atoms with van der Waals surface area (Å²) in [4.78, 5) is 23.4. The zero-order valence-electron chi connectivity index (χ0n) is 12.8. The number of ether oxygens (including phenoxy) is 1. The minimum Gasteiger partial charge on any atom is -0.495 e. The van der Waals surface area contributed by atoms with Crippen LogP contribution in [-0.2, 0) is 0 Å². The zero-order valence-corrected chi connectivity index (χ0v) is 14.5. The van der Waals surface area contributed by atoms with E-state index in [-0.39, 0.29) is 29.7 Å². The van der Waals surface area contributed by atoms with Crippen LogP contribution in [-0.4, -0.2) is 43.8 Å². The maximum atomic E-state index is 12.2. The van der Waals surface area contributed by atoms with Gasteiger partial charge < -0.3 is 15.4 Å². The van der Waals surface area contributed by atoms with E-state index in [1.165, 1.54) is 31.0 Å². The molecule has 0 heterocycles. The van der Waals surface area contributed by atoms with Gasteiger partial charge in [0.1, 0.15) is 11.3 Å². The van der Waals surface area contributed by atoms with Crippen LogP contribution in [0.3, 0.4) is 0 Å². The smallest absolute Gasteiger partial charge is 0.285 e. The van der Waals surface area contributed by atoms with Crippen LogP contribution in [0.15, 0.2) is 17.0 Å². The maximum absolute atomic E-state index is 12.2. The van der Waals surface area contributed by atoms with Crippen molar-refractivity contribution in [3.05, 3.63) is 27.8 Å². The van der Waals surface area contributed by atoms with Crippen molar-refractivity contribution in [3.63, 3.8) is 0 Å². The van der Waals surface area contributed by atoms with Crippen LogP contribution in [0.1, 0.15) is 17.3 Å². The Balaban J connectivity index is 0.00000441. The SMILES string of the molecule is CNC(C)CNC(=O)c1cc(SC)c(OC)cc1[N+](=O)[O-].Cl. The van der Waals surface area contributed by atoms with E-state index in [0.29, 0.717) is 17.2 Å². The first-order chi connectivity index (χ1) is 9.94. The molecule has 0 aromatic heterocycles. The number of methoxy groups -OCH3 is 1. The van der Waals surface area contributed by atoms with Crippen molar-refractivity contribution in [2.45, 2.75) is 17.9 Å². The predicted molar refractivity (Wildman–Crippen MR) is 89.5 cm³/mol. The van der Waals surface area contributed by atoms with E-state index in [2.05, 4.69) is 10.6 Å². The van der Waals surface area contributed by atoms with E-state index in [9.17, 15) is 14.9 Å². The molecule has 0 fully saturated rings. The lowest BCUT2D eigenvalue weighted by atomic mass is 10.1. The Morgan fingerprint density at radius 3 is 2.59 bits per heavy atom. The number of nitro benzene ring substituents is 1. The van der Waals surface area contributed by atoms with E-state index >= 15 is 0 Å². The van der Waals surface area contributed by atoms with Crippen molar-refractivity contribution in [2.75, 3.05) is 27.0 Å². The lowest BCUT2D eigenvalue weighted by Crippen LogP contribution is -2.37. The van der Waals surface area contributed by atoms with Crippen molar-refractivity contribution in [3.8, 4) is 5.75 Å². The summed E-state index contributed by atoms with van der Waals surface area (Å²) < 4.78 is 5.11. The number of nitro groups is 1. The van der Waals surface area contributed by atoms with Gasteiger partial charge in [0.15, 0.2) is 0 Å². The number of rotatable bonds is 7. The Morgan fingerprint density at radius 1 is 1.50 bits per heavy atom. The number of likely N-dealkylation sites (N-methyl/N-ethyl adjacent to an activating group) is 1. The predicted octanol–water partition coefficient (Wildman–Crippen LogP) is 2.08. The lowest BCUT2D eigenvalue weighted by Gasteiger charge is -2.13. The van der Waals surface area contributed by atoms with Gasteiger partial charge in [-0.1, -0.05) is 0 Å². The molecule has 9 heteroatoms. The number of nitrogens with zero attached hydrogens (tertiary/aromatic N) is 1. The minimum absolute atomic E-state index is 0. The highest BCUT2D eigenvalue weighted by atomic mass is 35.5. The van der Waals surface area contributed by atoms with E-state index < -0.39 is 10.8 Å². The van der Waals surface area contributed by atoms with Gasteiger partial charge in [-0.2, -0.15) is 0 Å². The summed E-state index contributed by atoms with van der Waals surface area (Å²) >= 11 is 1.36. The number of halogens is 1. The molecule has 1 rings (SSSR count). The normalized spacial score (nSPS) is 11.3. The molecule has 1 amide bonds. The third kappa shape index (κ3) is 5.04. The molecule has 0 saturated heterocycles. The Bertz CT molecular complexity index is 542. The average molecular weight is 350 g/mol. The van der Waals surface area contributed by atoms with Crippen LogP contribution in [0.2, 0.25) is 0 Å². The van der Waals surface area contributed by atoms with E-state index in [1.807, 2.05) is 13.2 Å². The fourth-order valence-electron chi connectivity index (χ4n) is 1.64. The zero-order chi connectivity index (χ0) is 16.0. The molecular weight excluding hydrogens is 330 g/mol. The molecule has 1 aromatic rings. The molecule has 1 unspecified atom stereocenters. The summed E-state index contributed by atoms with van der Waals surface area (Å²) in [6.45, 7) is 2.28. The third-order valence-electron chi connectivity index (χ3n) is 3.00. The van der Waals surface area contributed by atoms with Crippen molar-refractivity contribution in [1.29, 1.82) is 0 Å². The number of carbonyl (C=O) groups is 1. The Hall–Kier alpha value is -1.51. The van der Waals surface area contributed by atoms with Gasteiger partial charge in [0, 0.05) is 12.6 Å². The van der Waals surface area contributed by atoms with E-state index in [0.717, 1.165) is 0 Å². The third-order valence-corrected chi connectivity index (χ3v) is 3.76. The molecule has 2 N–H and O–H groups in total. The highest BCUT2D eigenvalue weighted by Gasteiger charge is 2.23. The average Bonchev–Trinajstić information content (AvgIpc) is 2.50. The van der Waals surface area contributed by atoms with Crippen LogP contribution in [0.5, 0.6) is 5.75 Å². The van der Waals surface area contributed by atoms with Gasteiger partial charge in [0.2, 0.25) is 0 Å². The number of hydrogen-bond acceptors (Lipinski definition) is 6. The maximum Gasteiger partial charge on any atom is 0.285 e. The van der Waals surface area contributed by atoms with Crippen molar-refractivity contribution in [1.82, 2.24) is 10.6 Å². The number of nitrogens with one attached hydrogen (secondary N) is 2. The molecule has 1 aromatic carbocycles. The summed E-state index contributed by atoms with van der Waals surface area (Å²) in [5, 5.41) is 16.8. The number of carbonyl (C=O) groups excluding carboxylic acids is 1. The fourth-order valence-corrected chi connectivity index (χ4v) is 2.22. The fraction of sp³-hybridized carbons (Fsp3) is 0.462. The molecule has 7 nitrogen and oxygen atoms in total. The summed E-state index contributed by atoms with van der Waals surface area (Å²) in [6, 6.07) is 2.84.